The average molecular weight is 261 g/mol. The Morgan fingerprint density at radius 3 is 2.47 bits per heavy atom. The Morgan fingerprint density at radius 1 is 1.32 bits per heavy atom. The number of carbonyl (C=O) groups excluding carboxylic acids is 1. The summed E-state index contributed by atoms with van der Waals surface area (Å²) in [5, 5.41) is 0. The highest BCUT2D eigenvalue weighted by Gasteiger charge is 2.45. The van der Waals surface area contributed by atoms with E-state index >= 15 is 0 Å². The lowest BCUT2D eigenvalue weighted by Crippen LogP contribution is -2.46. The third-order valence-electron chi connectivity index (χ3n) is 3.36. The molecule has 1 aromatic carbocycles. The molecule has 1 heterocycles. The van der Waals surface area contributed by atoms with Gasteiger partial charge >= 0.3 is 5.97 Å². The quantitative estimate of drug-likeness (QED) is 0.769. The first-order chi connectivity index (χ1) is 8.99. The zero-order valence-electron chi connectivity index (χ0n) is 11.7. The predicted octanol–water partition coefficient (Wildman–Crippen LogP) is 2.53. The Bertz CT molecular complexity index is 495. The number of rotatable bonds is 2. The fourth-order valence-electron chi connectivity index (χ4n) is 2.14. The maximum atomic E-state index is 12.3. The second kappa shape index (κ2) is 5.03. The molecule has 4 heteroatoms. The van der Waals surface area contributed by atoms with Crippen LogP contribution in [0.2, 0.25) is 0 Å². The third-order valence-corrected chi connectivity index (χ3v) is 3.36. The van der Waals surface area contributed by atoms with Crippen LogP contribution >= 0.6 is 0 Å². The van der Waals surface area contributed by atoms with Crippen LogP contribution in [0.5, 0.6) is 0 Å². The molecule has 1 aromatic rings. The third kappa shape index (κ3) is 2.35. The van der Waals surface area contributed by atoms with E-state index in [-0.39, 0.29) is 11.9 Å². The number of aliphatic imine (C=N–C) groups is 1. The number of methoxy groups -OCH3 is 1. The first-order valence-electron chi connectivity index (χ1n) is 6.39. The molecule has 1 aliphatic heterocycles. The number of carbonyl (C=O) groups is 1. The molecule has 0 bridgehead atoms. The fourth-order valence-corrected chi connectivity index (χ4v) is 2.14. The number of ether oxygens (including phenoxy) is 2. The van der Waals surface area contributed by atoms with E-state index in [1.807, 2.05) is 44.2 Å². The van der Waals surface area contributed by atoms with Gasteiger partial charge in [0, 0.05) is 0 Å². The van der Waals surface area contributed by atoms with Crippen LogP contribution in [0.3, 0.4) is 0 Å². The SMILES string of the molecule is COC1=N[C@](C)(c2ccccc2)C(=O)O[C@H]1C(C)C. The molecule has 0 unspecified atom stereocenters. The zero-order chi connectivity index (χ0) is 14.0. The van der Waals surface area contributed by atoms with Crippen LogP contribution < -0.4 is 0 Å². The van der Waals surface area contributed by atoms with Crippen LogP contribution in [0.15, 0.2) is 35.3 Å². The summed E-state index contributed by atoms with van der Waals surface area (Å²) < 4.78 is 10.8. The van der Waals surface area contributed by atoms with Gasteiger partial charge in [0.15, 0.2) is 11.6 Å². The molecule has 19 heavy (non-hydrogen) atoms. The first kappa shape index (κ1) is 13.6. The molecule has 4 nitrogen and oxygen atoms in total. The normalized spacial score (nSPS) is 26.9. The lowest BCUT2D eigenvalue weighted by atomic mass is 9.91. The summed E-state index contributed by atoms with van der Waals surface area (Å²) in [5.41, 5.74) is -0.227. The molecular weight excluding hydrogens is 242 g/mol. The number of hydrogen-bond acceptors (Lipinski definition) is 4. The molecule has 0 saturated heterocycles. The number of nitrogens with zero attached hydrogens (tertiary/aromatic N) is 1. The highest BCUT2D eigenvalue weighted by molar-refractivity contribution is 5.94. The molecule has 0 aromatic heterocycles. The molecule has 2 atom stereocenters. The second-order valence-corrected chi connectivity index (χ2v) is 5.16. The standard InChI is InChI=1S/C15H19NO3/c1-10(2)12-13(18-4)16-15(3,14(17)19-12)11-8-6-5-7-9-11/h5-10,12H,1-4H3/t12-,15+/m0/s1. The van der Waals surface area contributed by atoms with Crippen molar-refractivity contribution < 1.29 is 14.3 Å². The van der Waals surface area contributed by atoms with Gasteiger partial charge in [0.2, 0.25) is 5.90 Å². The Labute approximate surface area is 113 Å². The van der Waals surface area contributed by atoms with Crippen molar-refractivity contribution in [1.29, 1.82) is 0 Å². The first-order valence-corrected chi connectivity index (χ1v) is 6.39. The molecule has 0 spiro atoms. The van der Waals surface area contributed by atoms with E-state index in [4.69, 9.17) is 9.47 Å². The Hall–Kier alpha value is -1.84. The van der Waals surface area contributed by atoms with E-state index < -0.39 is 11.6 Å². The molecule has 0 radical (unpaired) electrons. The molecule has 1 aliphatic rings. The zero-order valence-corrected chi connectivity index (χ0v) is 11.7. The van der Waals surface area contributed by atoms with E-state index in [2.05, 4.69) is 4.99 Å². The van der Waals surface area contributed by atoms with Crippen LogP contribution in [0.1, 0.15) is 26.3 Å². The minimum atomic E-state index is -1.03. The molecule has 0 fully saturated rings. The fraction of sp³-hybridized carbons (Fsp3) is 0.467. The van der Waals surface area contributed by atoms with Gasteiger partial charge in [0.05, 0.1) is 7.11 Å². The van der Waals surface area contributed by atoms with Crippen molar-refractivity contribution in [2.24, 2.45) is 10.9 Å². The largest absolute Gasteiger partial charge is 0.482 e. The van der Waals surface area contributed by atoms with Crippen molar-refractivity contribution in [3.05, 3.63) is 35.9 Å². The Balaban J connectivity index is 2.47. The van der Waals surface area contributed by atoms with Gasteiger partial charge in [0.25, 0.3) is 0 Å². The van der Waals surface area contributed by atoms with Crippen molar-refractivity contribution in [2.75, 3.05) is 7.11 Å². The van der Waals surface area contributed by atoms with Gasteiger partial charge in [0.1, 0.15) is 0 Å². The monoisotopic (exact) mass is 261 g/mol. The number of benzene rings is 1. The van der Waals surface area contributed by atoms with E-state index in [0.717, 1.165) is 5.56 Å². The summed E-state index contributed by atoms with van der Waals surface area (Å²) >= 11 is 0. The van der Waals surface area contributed by atoms with Crippen molar-refractivity contribution in [1.82, 2.24) is 0 Å². The van der Waals surface area contributed by atoms with Gasteiger partial charge in [-0.1, -0.05) is 44.2 Å². The molecular formula is C15H19NO3. The van der Waals surface area contributed by atoms with Crippen molar-refractivity contribution >= 4 is 11.9 Å². The predicted molar refractivity (Wildman–Crippen MR) is 73.0 cm³/mol. The summed E-state index contributed by atoms with van der Waals surface area (Å²) in [6.45, 7) is 5.69. The molecule has 0 saturated carbocycles. The summed E-state index contributed by atoms with van der Waals surface area (Å²) in [4.78, 5) is 16.8. The van der Waals surface area contributed by atoms with Crippen LogP contribution in [0.4, 0.5) is 0 Å². The van der Waals surface area contributed by atoms with Gasteiger partial charge < -0.3 is 9.47 Å². The van der Waals surface area contributed by atoms with Crippen LogP contribution in [-0.4, -0.2) is 25.1 Å². The molecule has 0 N–H and O–H groups in total. The minimum absolute atomic E-state index is 0.128. The Kier molecular flexibility index (Phi) is 3.60. The lowest BCUT2D eigenvalue weighted by molar-refractivity contribution is -0.156. The number of cyclic esters (lactones) is 1. The van der Waals surface area contributed by atoms with E-state index in [0.29, 0.717) is 5.90 Å². The molecule has 102 valence electrons. The summed E-state index contributed by atoms with van der Waals surface area (Å²) in [7, 11) is 1.55. The number of esters is 1. The van der Waals surface area contributed by atoms with Gasteiger partial charge in [-0.25, -0.2) is 9.79 Å². The maximum Gasteiger partial charge on any atom is 0.339 e. The maximum absolute atomic E-state index is 12.3. The van der Waals surface area contributed by atoms with Gasteiger partial charge in [-0.3, -0.25) is 0 Å². The van der Waals surface area contributed by atoms with E-state index in [9.17, 15) is 4.79 Å². The van der Waals surface area contributed by atoms with Gasteiger partial charge in [-0.2, -0.15) is 0 Å². The van der Waals surface area contributed by atoms with Crippen LogP contribution in [0, 0.1) is 5.92 Å². The Morgan fingerprint density at radius 2 is 1.95 bits per heavy atom. The summed E-state index contributed by atoms with van der Waals surface area (Å²) in [5.74, 6) is 0.266. The highest BCUT2D eigenvalue weighted by atomic mass is 16.6. The second-order valence-electron chi connectivity index (χ2n) is 5.16. The van der Waals surface area contributed by atoms with Crippen LogP contribution in [0.25, 0.3) is 0 Å². The topological polar surface area (TPSA) is 47.9 Å². The highest BCUT2D eigenvalue weighted by Crippen LogP contribution is 2.33. The van der Waals surface area contributed by atoms with Gasteiger partial charge in [-0.05, 0) is 18.4 Å². The summed E-state index contributed by atoms with van der Waals surface area (Å²) in [6, 6.07) is 9.40. The molecule has 0 aliphatic carbocycles. The molecule has 2 rings (SSSR count). The number of hydrogen-bond donors (Lipinski definition) is 0. The average Bonchev–Trinajstić information content (AvgIpc) is 2.42. The van der Waals surface area contributed by atoms with Crippen molar-refractivity contribution in [3.63, 3.8) is 0 Å². The minimum Gasteiger partial charge on any atom is -0.482 e. The van der Waals surface area contributed by atoms with E-state index in [1.165, 1.54) is 0 Å². The van der Waals surface area contributed by atoms with Crippen molar-refractivity contribution in [3.8, 4) is 0 Å². The van der Waals surface area contributed by atoms with Crippen molar-refractivity contribution in [2.45, 2.75) is 32.4 Å². The van der Waals surface area contributed by atoms with E-state index in [1.54, 1.807) is 14.0 Å². The van der Waals surface area contributed by atoms with Crippen LogP contribution in [-0.2, 0) is 19.8 Å². The molecule has 0 amide bonds. The van der Waals surface area contributed by atoms with Gasteiger partial charge in [-0.15, -0.1) is 0 Å². The summed E-state index contributed by atoms with van der Waals surface area (Å²) in [6.07, 6.45) is -0.408. The smallest absolute Gasteiger partial charge is 0.339 e. The lowest BCUT2D eigenvalue weighted by Gasteiger charge is -2.34.